The summed E-state index contributed by atoms with van der Waals surface area (Å²) in [5.41, 5.74) is 2.81. The summed E-state index contributed by atoms with van der Waals surface area (Å²) in [5.74, 6) is 4.24. The number of hydrogen-bond acceptors (Lipinski definition) is 4. The lowest BCUT2D eigenvalue weighted by molar-refractivity contribution is 0.185. The van der Waals surface area contributed by atoms with Gasteiger partial charge in [-0.15, -0.1) is 6.42 Å². The lowest BCUT2D eigenvalue weighted by Crippen LogP contribution is -2.27. The molecule has 0 saturated heterocycles. The van der Waals surface area contributed by atoms with Crippen molar-refractivity contribution >= 4 is 0 Å². The molecule has 1 aliphatic carbocycles. The van der Waals surface area contributed by atoms with E-state index in [9.17, 15) is 0 Å². The van der Waals surface area contributed by atoms with E-state index in [-0.39, 0.29) is 0 Å². The first-order chi connectivity index (χ1) is 11.3. The maximum atomic E-state index is 5.58. The van der Waals surface area contributed by atoms with Gasteiger partial charge in [-0.05, 0) is 30.4 Å². The zero-order chi connectivity index (χ0) is 16.1. The second-order valence-corrected chi connectivity index (χ2v) is 6.07. The van der Waals surface area contributed by atoms with Gasteiger partial charge in [0, 0.05) is 12.5 Å². The Morgan fingerprint density at radius 3 is 3.09 bits per heavy atom. The Hall–Kier alpha value is -2.12. The smallest absolute Gasteiger partial charge is 0.240 e. The van der Waals surface area contributed by atoms with Gasteiger partial charge >= 0.3 is 0 Å². The molecule has 0 fully saturated rings. The van der Waals surface area contributed by atoms with Crippen LogP contribution in [0.1, 0.15) is 55.1 Å². The van der Waals surface area contributed by atoms with Crippen molar-refractivity contribution in [2.24, 2.45) is 0 Å². The van der Waals surface area contributed by atoms with Crippen LogP contribution in [-0.4, -0.2) is 21.6 Å². The summed E-state index contributed by atoms with van der Waals surface area (Å²) in [6.07, 6.45) is 10.9. The summed E-state index contributed by atoms with van der Waals surface area (Å²) in [4.78, 5) is 6.78. The molecule has 0 N–H and O–H groups in total. The maximum absolute atomic E-state index is 5.58. The number of unbranched alkanes of at least 4 members (excludes halogenated alkanes) is 1. The topological polar surface area (TPSA) is 42.2 Å². The predicted molar refractivity (Wildman–Crippen MR) is 89.7 cm³/mol. The van der Waals surface area contributed by atoms with Crippen molar-refractivity contribution in [3.63, 3.8) is 0 Å². The standard InChI is InChI=1S/C19H23N3O/c1-3-5-10-18-20-19(23-21-18)14-22(13-4-2)17-12-11-15-8-6-7-9-16(15)17/h2,6-9,17H,3,5,10-14H2,1H3. The lowest BCUT2D eigenvalue weighted by atomic mass is 10.1. The monoisotopic (exact) mass is 309 g/mol. The normalized spacial score (nSPS) is 16.5. The van der Waals surface area contributed by atoms with Crippen molar-refractivity contribution in [3.8, 4) is 12.3 Å². The Morgan fingerprint density at radius 2 is 2.26 bits per heavy atom. The molecule has 4 nitrogen and oxygen atoms in total. The van der Waals surface area contributed by atoms with Gasteiger partial charge in [0.1, 0.15) is 0 Å². The molecule has 1 aromatic heterocycles. The van der Waals surface area contributed by atoms with Crippen LogP contribution >= 0.6 is 0 Å². The van der Waals surface area contributed by atoms with Gasteiger partial charge in [0.05, 0.1) is 13.1 Å². The molecule has 1 aliphatic rings. The largest absolute Gasteiger partial charge is 0.338 e. The molecule has 0 spiro atoms. The number of aryl methyl sites for hydroxylation is 2. The van der Waals surface area contributed by atoms with Gasteiger partial charge in [0.15, 0.2) is 5.82 Å². The molecule has 120 valence electrons. The quantitative estimate of drug-likeness (QED) is 0.734. The molecule has 0 amide bonds. The number of fused-ring (bicyclic) bond motifs is 1. The summed E-state index contributed by atoms with van der Waals surface area (Å²) in [6.45, 7) is 3.36. The van der Waals surface area contributed by atoms with Gasteiger partial charge in [-0.25, -0.2) is 0 Å². The van der Waals surface area contributed by atoms with E-state index in [2.05, 4.69) is 52.2 Å². The van der Waals surface area contributed by atoms with E-state index in [0.717, 1.165) is 37.9 Å². The number of nitrogens with zero attached hydrogens (tertiary/aromatic N) is 3. The van der Waals surface area contributed by atoms with Crippen LogP contribution in [0.4, 0.5) is 0 Å². The van der Waals surface area contributed by atoms with Crippen LogP contribution in [0.5, 0.6) is 0 Å². The first-order valence-electron chi connectivity index (χ1n) is 8.38. The second kappa shape index (κ2) is 7.43. The molecule has 23 heavy (non-hydrogen) atoms. The van der Waals surface area contributed by atoms with Crippen LogP contribution in [0.25, 0.3) is 0 Å². The Balaban J connectivity index is 1.73. The molecule has 2 aromatic rings. The Kier molecular flexibility index (Phi) is 5.09. The minimum atomic E-state index is 0.341. The highest BCUT2D eigenvalue weighted by Crippen LogP contribution is 2.36. The number of aromatic nitrogens is 2. The summed E-state index contributed by atoms with van der Waals surface area (Å²) >= 11 is 0. The average molecular weight is 309 g/mol. The number of hydrogen-bond donors (Lipinski definition) is 0. The molecule has 0 bridgehead atoms. The zero-order valence-electron chi connectivity index (χ0n) is 13.7. The van der Waals surface area contributed by atoms with Gasteiger partial charge in [0.25, 0.3) is 0 Å². The first-order valence-corrected chi connectivity index (χ1v) is 8.38. The number of terminal acetylenes is 1. The van der Waals surface area contributed by atoms with E-state index in [1.54, 1.807) is 0 Å². The molecule has 1 heterocycles. The highest BCUT2D eigenvalue weighted by Gasteiger charge is 2.28. The molecule has 1 aromatic carbocycles. The molecular formula is C19H23N3O. The van der Waals surface area contributed by atoms with E-state index >= 15 is 0 Å². The van der Waals surface area contributed by atoms with E-state index in [4.69, 9.17) is 10.9 Å². The number of benzene rings is 1. The van der Waals surface area contributed by atoms with Crippen LogP contribution in [-0.2, 0) is 19.4 Å². The van der Waals surface area contributed by atoms with Gasteiger partial charge in [0.2, 0.25) is 5.89 Å². The highest BCUT2D eigenvalue weighted by molar-refractivity contribution is 5.34. The molecule has 0 aliphatic heterocycles. The highest BCUT2D eigenvalue weighted by atomic mass is 16.5. The van der Waals surface area contributed by atoms with E-state index in [1.807, 2.05) is 0 Å². The number of rotatable bonds is 7. The van der Waals surface area contributed by atoms with Gasteiger partial charge in [-0.2, -0.15) is 4.98 Å². The van der Waals surface area contributed by atoms with Crippen molar-refractivity contribution in [1.29, 1.82) is 0 Å². The minimum absolute atomic E-state index is 0.341. The van der Waals surface area contributed by atoms with Crippen molar-refractivity contribution < 1.29 is 4.52 Å². The first kappa shape index (κ1) is 15.8. The molecule has 4 heteroatoms. The summed E-state index contributed by atoms with van der Waals surface area (Å²) < 4.78 is 5.41. The van der Waals surface area contributed by atoms with Crippen molar-refractivity contribution in [1.82, 2.24) is 15.0 Å². The summed E-state index contributed by atoms with van der Waals surface area (Å²) in [5, 5.41) is 4.07. The van der Waals surface area contributed by atoms with E-state index < -0.39 is 0 Å². The fraction of sp³-hybridized carbons (Fsp3) is 0.474. The fourth-order valence-corrected chi connectivity index (χ4v) is 3.27. The minimum Gasteiger partial charge on any atom is -0.338 e. The van der Waals surface area contributed by atoms with Crippen LogP contribution < -0.4 is 0 Å². The second-order valence-electron chi connectivity index (χ2n) is 6.07. The van der Waals surface area contributed by atoms with Crippen molar-refractivity contribution in [3.05, 3.63) is 47.1 Å². The van der Waals surface area contributed by atoms with Crippen molar-refractivity contribution in [2.75, 3.05) is 6.54 Å². The third-order valence-corrected chi connectivity index (χ3v) is 4.44. The van der Waals surface area contributed by atoms with Crippen LogP contribution in [0.2, 0.25) is 0 Å². The Labute approximate surface area is 137 Å². The third kappa shape index (κ3) is 3.62. The zero-order valence-corrected chi connectivity index (χ0v) is 13.7. The van der Waals surface area contributed by atoms with Crippen LogP contribution in [0.15, 0.2) is 28.8 Å². The fourth-order valence-electron chi connectivity index (χ4n) is 3.27. The lowest BCUT2D eigenvalue weighted by Gasteiger charge is -2.26. The van der Waals surface area contributed by atoms with Crippen LogP contribution in [0.3, 0.4) is 0 Å². The molecular weight excluding hydrogens is 286 g/mol. The van der Waals surface area contributed by atoms with Gasteiger partial charge < -0.3 is 4.52 Å². The summed E-state index contributed by atoms with van der Waals surface area (Å²) in [6, 6.07) is 8.95. The molecule has 0 saturated carbocycles. The predicted octanol–water partition coefficient (Wildman–Crippen LogP) is 3.53. The Morgan fingerprint density at radius 1 is 1.39 bits per heavy atom. The van der Waals surface area contributed by atoms with Gasteiger partial charge in [-0.1, -0.05) is 48.7 Å². The molecule has 1 atom stereocenters. The van der Waals surface area contributed by atoms with E-state index in [1.165, 1.54) is 11.1 Å². The molecule has 1 unspecified atom stereocenters. The summed E-state index contributed by atoms with van der Waals surface area (Å²) in [7, 11) is 0. The van der Waals surface area contributed by atoms with Gasteiger partial charge in [-0.3, -0.25) is 4.90 Å². The third-order valence-electron chi connectivity index (χ3n) is 4.44. The van der Waals surface area contributed by atoms with Crippen molar-refractivity contribution in [2.45, 2.75) is 51.6 Å². The maximum Gasteiger partial charge on any atom is 0.240 e. The molecule has 0 radical (unpaired) electrons. The Bertz CT molecular complexity index is 686. The van der Waals surface area contributed by atoms with Crippen LogP contribution in [0, 0.1) is 12.3 Å². The van der Waals surface area contributed by atoms with E-state index in [0.29, 0.717) is 25.0 Å². The SMILES string of the molecule is C#CCN(Cc1nc(CCCC)no1)C1CCc2ccccc21. The average Bonchev–Trinajstić information content (AvgIpc) is 3.19. The molecule has 3 rings (SSSR count).